The van der Waals surface area contributed by atoms with Crippen molar-refractivity contribution in [1.82, 2.24) is 5.32 Å². The van der Waals surface area contributed by atoms with Crippen molar-refractivity contribution in [2.24, 2.45) is 0 Å². The Kier molecular flexibility index (Phi) is 3.20. The van der Waals surface area contributed by atoms with Crippen LogP contribution in [0.3, 0.4) is 0 Å². The van der Waals surface area contributed by atoms with E-state index in [1.807, 2.05) is 0 Å². The Hall–Kier alpha value is -2.44. The maximum absolute atomic E-state index is 12.0. The molecule has 1 aromatic carbocycles. The first-order chi connectivity index (χ1) is 8.93. The third-order valence-electron chi connectivity index (χ3n) is 3.04. The first-order valence-electron chi connectivity index (χ1n) is 5.79. The summed E-state index contributed by atoms with van der Waals surface area (Å²) in [7, 11) is 0. The van der Waals surface area contributed by atoms with Gasteiger partial charge < -0.3 is 10.2 Å². The molecule has 1 aliphatic rings. The van der Waals surface area contributed by atoms with Crippen LogP contribution in [0.15, 0.2) is 18.2 Å². The van der Waals surface area contributed by atoms with Gasteiger partial charge in [0.1, 0.15) is 5.56 Å². The van der Waals surface area contributed by atoms with Crippen LogP contribution in [-0.4, -0.2) is 29.3 Å². The lowest BCUT2D eigenvalue weighted by Gasteiger charge is -2.26. The molecule has 1 aromatic rings. The van der Waals surface area contributed by atoms with Crippen LogP contribution in [0.1, 0.15) is 24.2 Å². The summed E-state index contributed by atoms with van der Waals surface area (Å²) in [5.74, 6) is -0.788. The summed E-state index contributed by atoms with van der Waals surface area (Å²) in [4.78, 5) is 35.5. The van der Waals surface area contributed by atoms with Crippen molar-refractivity contribution in [3.63, 3.8) is 0 Å². The number of amides is 2. The van der Waals surface area contributed by atoms with E-state index < -0.39 is 10.8 Å². The fourth-order valence-electron chi connectivity index (χ4n) is 2.25. The molecular formula is C12H13N3O4. The minimum absolute atomic E-state index is 0.0629. The van der Waals surface area contributed by atoms with E-state index in [-0.39, 0.29) is 35.4 Å². The molecule has 0 spiro atoms. The van der Waals surface area contributed by atoms with Gasteiger partial charge in [0, 0.05) is 19.5 Å². The normalized spacial score (nSPS) is 18.3. The van der Waals surface area contributed by atoms with Gasteiger partial charge in [-0.3, -0.25) is 19.7 Å². The highest BCUT2D eigenvalue weighted by atomic mass is 16.6. The summed E-state index contributed by atoms with van der Waals surface area (Å²) >= 11 is 0. The third kappa shape index (κ3) is 2.14. The Bertz CT molecular complexity index is 570. The van der Waals surface area contributed by atoms with Crippen LogP contribution < -0.4 is 10.2 Å². The van der Waals surface area contributed by atoms with Gasteiger partial charge in [-0.15, -0.1) is 0 Å². The van der Waals surface area contributed by atoms with E-state index in [0.717, 1.165) is 0 Å². The second-order valence-corrected chi connectivity index (χ2v) is 4.38. The molecule has 100 valence electrons. The van der Waals surface area contributed by atoms with Gasteiger partial charge in [0.25, 0.3) is 11.6 Å². The zero-order valence-corrected chi connectivity index (χ0v) is 10.5. The number of benzene rings is 1. The standard InChI is InChI=1S/C12H13N3O4/c1-7-6-13-12(17)11-9(14(7)8(2)16)4-3-5-10(11)15(18)19/h3-5,7H,6H2,1-2H3,(H,13,17). The van der Waals surface area contributed by atoms with Gasteiger partial charge in [-0.2, -0.15) is 0 Å². The monoisotopic (exact) mass is 263 g/mol. The average molecular weight is 263 g/mol. The number of nitro benzene ring substituents is 1. The van der Waals surface area contributed by atoms with Crippen molar-refractivity contribution in [2.75, 3.05) is 11.4 Å². The lowest BCUT2D eigenvalue weighted by molar-refractivity contribution is -0.385. The number of fused-ring (bicyclic) bond motifs is 1. The zero-order chi connectivity index (χ0) is 14.2. The summed E-state index contributed by atoms with van der Waals surface area (Å²) in [6.07, 6.45) is 0. The summed E-state index contributed by atoms with van der Waals surface area (Å²) in [5, 5.41) is 13.6. The zero-order valence-electron chi connectivity index (χ0n) is 10.5. The summed E-state index contributed by atoms with van der Waals surface area (Å²) < 4.78 is 0. The van der Waals surface area contributed by atoms with Crippen LogP contribution in [0, 0.1) is 10.1 Å². The number of anilines is 1. The van der Waals surface area contributed by atoms with Crippen molar-refractivity contribution >= 4 is 23.2 Å². The van der Waals surface area contributed by atoms with Gasteiger partial charge in [-0.25, -0.2) is 0 Å². The molecule has 1 unspecified atom stereocenters. The highest BCUT2D eigenvalue weighted by Gasteiger charge is 2.33. The number of carbonyl (C=O) groups excluding carboxylic acids is 2. The van der Waals surface area contributed by atoms with Crippen LogP contribution in [-0.2, 0) is 4.79 Å². The molecule has 1 atom stereocenters. The second-order valence-electron chi connectivity index (χ2n) is 4.38. The van der Waals surface area contributed by atoms with Crippen LogP contribution in [0.4, 0.5) is 11.4 Å². The van der Waals surface area contributed by atoms with Crippen molar-refractivity contribution in [3.8, 4) is 0 Å². The van der Waals surface area contributed by atoms with E-state index in [9.17, 15) is 19.7 Å². The molecule has 1 aliphatic heterocycles. The summed E-state index contributed by atoms with van der Waals surface area (Å²) in [6.45, 7) is 3.40. The van der Waals surface area contributed by atoms with E-state index in [2.05, 4.69) is 5.32 Å². The Labute approximate surface area is 109 Å². The number of carbonyl (C=O) groups is 2. The van der Waals surface area contributed by atoms with E-state index in [4.69, 9.17) is 0 Å². The average Bonchev–Trinajstić information content (AvgIpc) is 2.47. The molecule has 7 nitrogen and oxygen atoms in total. The Morgan fingerprint density at radius 1 is 1.53 bits per heavy atom. The third-order valence-corrected chi connectivity index (χ3v) is 3.04. The SMILES string of the molecule is CC(=O)N1c2cccc([N+](=O)[O-])c2C(=O)NCC1C. The van der Waals surface area contributed by atoms with Gasteiger partial charge in [0.15, 0.2) is 0 Å². The van der Waals surface area contributed by atoms with Gasteiger partial charge in [0.2, 0.25) is 5.91 Å². The molecule has 2 amide bonds. The summed E-state index contributed by atoms with van der Waals surface area (Å²) in [6, 6.07) is 4.01. The smallest absolute Gasteiger partial charge is 0.284 e. The molecule has 0 fully saturated rings. The quantitative estimate of drug-likeness (QED) is 0.606. The number of nitro groups is 1. The molecule has 7 heteroatoms. The Morgan fingerprint density at radius 3 is 2.79 bits per heavy atom. The molecule has 2 rings (SSSR count). The number of hydrogen-bond donors (Lipinski definition) is 1. The molecular weight excluding hydrogens is 250 g/mol. The molecule has 0 saturated carbocycles. The molecule has 1 heterocycles. The highest BCUT2D eigenvalue weighted by molar-refractivity contribution is 6.08. The van der Waals surface area contributed by atoms with E-state index in [1.54, 1.807) is 13.0 Å². The largest absolute Gasteiger partial charge is 0.350 e. The Balaban J connectivity index is 2.71. The molecule has 0 radical (unpaired) electrons. The van der Waals surface area contributed by atoms with Crippen molar-refractivity contribution in [2.45, 2.75) is 19.9 Å². The van der Waals surface area contributed by atoms with Crippen molar-refractivity contribution in [3.05, 3.63) is 33.9 Å². The van der Waals surface area contributed by atoms with E-state index >= 15 is 0 Å². The topological polar surface area (TPSA) is 92.6 Å². The van der Waals surface area contributed by atoms with Gasteiger partial charge in [0.05, 0.1) is 16.7 Å². The van der Waals surface area contributed by atoms with Gasteiger partial charge in [-0.1, -0.05) is 6.07 Å². The molecule has 0 saturated heterocycles. The van der Waals surface area contributed by atoms with Crippen molar-refractivity contribution in [1.29, 1.82) is 0 Å². The lowest BCUT2D eigenvalue weighted by atomic mass is 10.1. The fraction of sp³-hybridized carbons (Fsp3) is 0.333. The maximum Gasteiger partial charge on any atom is 0.284 e. The predicted octanol–water partition coefficient (Wildman–Crippen LogP) is 1.08. The lowest BCUT2D eigenvalue weighted by Crippen LogP contribution is -2.41. The number of nitrogens with zero attached hydrogens (tertiary/aromatic N) is 2. The number of rotatable bonds is 1. The minimum atomic E-state index is -0.618. The van der Waals surface area contributed by atoms with Crippen LogP contribution in [0.5, 0.6) is 0 Å². The number of hydrogen-bond acceptors (Lipinski definition) is 4. The molecule has 0 aromatic heterocycles. The first kappa shape index (κ1) is 13.0. The van der Waals surface area contributed by atoms with E-state index in [0.29, 0.717) is 0 Å². The Morgan fingerprint density at radius 2 is 2.21 bits per heavy atom. The van der Waals surface area contributed by atoms with Crippen LogP contribution >= 0.6 is 0 Å². The van der Waals surface area contributed by atoms with Gasteiger partial charge in [-0.05, 0) is 13.0 Å². The first-order valence-corrected chi connectivity index (χ1v) is 5.79. The van der Waals surface area contributed by atoms with Gasteiger partial charge >= 0.3 is 0 Å². The van der Waals surface area contributed by atoms with Crippen LogP contribution in [0.25, 0.3) is 0 Å². The molecule has 1 N–H and O–H groups in total. The maximum atomic E-state index is 12.0. The summed E-state index contributed by atoms with van der Waals surface area (Å²) in [5.41, 5.74) is -0.0772. The number of nitrogens with one attached hydrogen (secondary N) is 1. The van der Waals surface area contributed by atoms with Crippen LogP contribution in [0.2, 0.25) is 0 Å². The highest BCUT2D eigenvalue weighted by Crippen LogP contribution is 2.32. The molecule has 0 bridgehead atoms. The fourth-order valence-corrected chi connectivity index (χ4v) is 2.25. The molecule has 0 aliphatic carbocycles. The second kappa shape index (κ2) is 4.68. The molecule has 19 heavy (non-hydrogen) atoms. The van der Waals surface area contributed by atoms with E-state index in [1.165, 1.54) is 24.0 Å². The van der Waals surface area contributed by atoms with Crippen molar-refractivity contribution < 1.29 is 14.5 Å². The predicted molar refractivity (Wildman–Crippen MR) is 68.1 cm³/mol. The minimum Gasteiger partial charge on any atom is -0.350 e.